The zero-order valence-electron chi connectivity index (χ0n) is 29.8. The molecule has 1 aliphatic rings. The number of carbonyl (C=O) groups is 1. The summed E-state index contributed by atoms with van der Waals surface area (Å²) in [5.74, 6) is 0.661. The van der Waals surface area contributed by atoms with Gasteiger partial charge in [0.05, 0.1) is 23.9 Å². The molecule has 1 aliphatic heterocycles. The molecule has 266 valence electrons. The number of pyridine rings is 1. The molecule has 9 heteroatoms. The second kappa shape index (κ2) is 18.3. The first-order valence-electron chi connectivity index (χ1n) is 17.7. The van der Waals surface area contributed by atoms with Gasteiger partial charge in [0.25, 0.3) is 5.91 Å². The smallest absolute Gasteiger partial charge is 0.252 e. The summed E-state index contributed by atoms with van der Waals surface area (Å²) in [6.07, 6.45) is 2.37. The first-order valence-corrected chi connectivity index (χ1v) is 19.1. The summed E-state index contributed by atoms with van der Waals surface area (Å²) >= 11 is 0. The highest BCUT2D eigenvalue weighted by Gasteiger charge is 2.19. The van der Waals surface area contributed by atoms with Crippen LogP contribution in [0.25, 0.3) is 10.9 Å². The largest absolute Gasteiger partial charge is 0.493 e. The molecule has 0 saturated carbocycles. The highest BCUT2D eigenvalue weighted by atomic mass is 31.1. The van der Waals surface area contributed by atoms with Crippen LogP contribution in [0.1, 0.15) is 22.8 Å². The third kappa shape index (κ3) is 9.14. The molecule has 1 saturated heterocycles. The molecule has 1 aromatic heterocycles. The Labute approximate surface area is 307 Å². The van der Waals surface area contributed by atoms with Crippen molar-refractivity contribution >= 4 is 52.0 Å². The Morgan fingerprint density at radius 1 is 0.827 bits per heavy atom. The lowest BCUT2D eigenvalue weighted by Gasteiger charge is -2.27. The van der Waals surface area contributed by atoms with E-state index in [-0.39, 0.29) is 0 Å². The summed E-state index contributed by atoms with van der Waals surface area (Å²) in [4.78, 5) is 19.1. The van der Waals surface area contributed by atoms with E-state index >= 15 is 0 Å². The molecule has 0 bridgehead atoms. The number of nitrogens with zero attached hydrogens (tertiary/aromatic N) is 2. The number of rotatable bonds is 12. The van der Waals surface area contributed by atoms with E-state index in [1.165, 1.54) is 22.1 Å². The highest BCUT2D eigenvalue weighted by Crippen LogP contribution is 2.38. The van der Waals surface area contributed by atoms with E-state index in [4.69, 9.17) is 15.2 Å². The number of nitrogens with one attached hydrogen (secondary N) is 2. The summed E-state index contributed by atoms with van der Waals surface area (Å²) in [5, 5.41) is 11.7. The maximum absolute atomic E-state index is 12.2. The molecule has 8 nitrogen and oxygen atoms in total. The molecule has 7 rings (SSSR count). The van der Waals surface area contributed by atoms with E-state index in [0.717, 1.165) is 55.8 Å². The lowest BCUT2D eigenvalue weighted by Crippen LogP contribution is -2.44. The minimum absolute atomic E-state index is 0.322. The van der Waals surface area contributed by atoms with Gasteiger partial charge in [0.1, 0.15) is 6.61 Å². The molecule has 6 aromatic rings. The molecule has 1 fully saturated rings. The number of anilines is 2. The fraction of sp³-hybridized carbons (Fsp3) is 0.209. The molecule has 0 radical (unpaired) electrons. The molecule has 0 spiro atoms. The van der Waals surface area contributed by atoms with Gasteiger partial charge in [0, 0.05) is 56.1 Å². The maximum atomic E-state index is 12.2. The molecule has 1 amide bonds. The first kappa shape index (κ1) is 36.5. The van der Waals surface area contributed by atoms with Gasteiger partial charge >= 0.3 is 0 Å². The molecule has 0 atom stereocenters. The average molecular weight is 712 g/mol. The Morgan fingerprint density at radius 3 is 1.96 bits per heavy atom. The van der Waals surface area contributed by atoms with E-state index in [2.05, 4.69) is 125 Å². The van der Waals surface area contributed by atoms with Crippen molar-refractivity contribution in [3.8, 4) is 11.5 Å². The van der Waals surface area contributed by atoms with E-state index in [1.54, 1.807) is 7.11 Å². The Morgan fingerprint density at radius 2 is 1.40 bits per heavy atom. The van der Waals surface area contributed by atoms with Crippen molar-refractivity contribution in [1.82, 2.24) is 15.2 Å². The van der Waals surface area contributed by atoms with Crippen LogP contribution >= 0.6 is 7.92 Å². The average Bonchev–Trinajstić information content (AvgIpc) is 3.20. The van der Waals surface area contributed by atoms with Gasteiger partial charge in [-0.3, -0.25) is 14.7 Å². The van der Waals surface area contributed by atoms with Gasteiger partial charge in [-0.2, -0.15) is 0 Å². The van der Waals surface area contributed by atoms with Crippen molar-refractivity contribution in [2.24, 2.45) is 5.73 Å². The third-order valence-corrected chi connectivity index (χ3v) is 11.4. The Hall–Kier alpha value is -5.27. The molecule has 4 N–H and O–H groups in total. The Kier molecular flexibility index (Phi) is 12.8. The number of para-hydroxylation sites is 1. The third-order valence-electron chi connectivity index (χ3n) is 8.99. The van der Waals surface area contributed by atoms with Gasteiger partial charge in [-0.15, -0.1) is 0 Å². The number of methoxy groups -OCH3 is 1. The van der Waals surface area contributed by atoms with Crippen LogP contribution in [0.2, 0.25) is 0 Å². The standard InChI is InChI=1S/C25H31N5O3.C18H15P/c1-3-17-6-4-5-7-20(17)29-24-18-14-22(32-2)23(15-21(18)28-16-19(24)25(26)31)33-13-12-30-10-8-27-9-11-30;1-4-10-16(11-5-1)19(17-12-6-2-7-13-17)18-14-8-3-9-15-18/h4-7,14-16,27H,3,8-13H2,1-2H3,(H2,26,31)(H,28,29);1-15H. The number of nitrogens with two attached hydrogens (primary N) is 1. The number of aromatic nitrogens is 1. The van der Waals surface area contributed by atoms with Crippen molar-refractivity contribution in [2.45, 2.75) is 13.3 Å². The van der Waals surface area contributed by atoms with Crippen molar-refractivity contribution < 1.29 is 14.3 Å². The van der Waals surface area contributed by atoms with Gasteiger partial charge in [-0.1, -0.05) is 116 Å². The number of fused-ring (bicyclic) bond motifs is 1. The van der Waals surface area contributed by atoms with Gasteiger partial charge in [-0.05, 0) is 48.0 Å². The van der Waals surface area contributed by atoms with Crippen molar-refractivity contribution in [2.75, 3.05) is 51.8 Å². The van der Waals surface area contributed by atoms with Gasteiger partial charge in [0.2, 0.25) is 0 Å². The van der Waals surface area contributed by atoms with Crippen LogP contribution < -0.4 is 41.8 Å². The van der Waals surface area contributed by atoms with Crippen LogP contribution in [0, 0.1) is 0 Å². The fourth-order valence-electron chi connectivity index (χ4n) is 6.28. The molecule has 0 aliphatic carbocycles. The number of benzene rings is 5. The molecule has 2 heterocycles. The number of ether oxygens (including phenoxy) is 2. The van der Waals surface area contributed by atoms with Crippen LogP contribution in [-0.2, 0) is 6.42 Å². The predicted molar refractivity (Wildman–Crippen MR) is 216 cm³/mol. The SMILES string of the molecule is CCc1ccccc1Nc1c(C(N)=O)cnc2cc(OCCN3CCNCC3)c(OC)cc12.c1ccc(P(c2ccccc2)c2ccccc2)cc1. The predicted octanol–water partition coefficient (Wildman–Crippen LogP) is 6.38. The monoisotopic (exact) mass is 711 g/mol. The highest BCUT2D eigenvalue weighted by molar-refractivity contribution is 7.79. The molecular weight excluding hydrogens is 665 g/mol. The van der Waals surface area contributed by atoms with E-state index in [1.807, 2.05) is 30.3 Å². The number of hydrogen-bond acceptors (Lipinski definition) is 7. The number of aryl methyl sites for hydroxylation is 1. The van der Waals surface area contributed by atoms with Crippen LogP contribution in [0.4, 0.5) is 11.4 Å². The summed E-state index contributed by atoms with van der Waals surface area (Å²) in [6.45, 7) is 7.53. The number of piperazine rings is 1. The molecule has 52 heavy (non-hydrogen) atoms. The number of primary amides is 1. The minimum Gasteiger partial charge on any atom is -0.493 e. The second-order valence-electron chi connectivity index (χ2n) is 12.3. The number of hydrogen-bond donors (Lipinski definition) is 3. The van der Waals surface area contributed by atoms with Crippen LogP contribution in [-0.4, -0.2) is 62.2 Å². The number of carbonyl (C=O) groups excluding carboxylic acids is 1. The van der Waals surface area contributed by atoms with Crippen molar-refractivity contribution in [3.05, 3.63) is 145 Å². The Balaban J connectivity index is 0.000000206. The van der Waals surface area contributed by atoms with Crippen LogP contribution in [0.5, 0.6) is 11.5 Å². The van der Waals surface area contributed by atoms with Crippen LogP contribution in [0.15, 0.2) is 134 Å². The van der Waals surface area contributed by atoms with Gasteiger partial charge in [0.15, 0.2) is 11.5 Å². The zero-order valence-corrected chi connectivity index (χ0v) is 30.7. The van der Waals surface area contributed by atoms with Crippen molar-refractivity contribution in [3.63, 3.8) is 0 Å². The zero-order chi connectivity index (χ0) is 36.1. The van der Waals surface area contributed by atoms with Gasteiger partial charge < -0.3 is 25.8 Å². The molecule has 5 aromatic carbocycles. The van der Waals surface area contributed by atoms with Gasteiger partial charge in [-0.25, -0.2) is 0 Å². The lowest BCUT2D eigenvalue weighted by molar-refractivity contribution is 0.100. The second-order valence-corrected chi connectivity index (χ2v) is 14.6. The van der Waals surface area contributed by atoms with Crippen molar-refractivity contribution in [1.29, 1.82) is 0 Å². The summed E-state index contributed by atoms with van der Waals surface area (Å²) in [5.41, 5.74) is 9.36. The normalized spacial score (nSPS) is 12.9. The summed E-state index contributed by atoms with van der Waals surface area (Å²) in [6, 6.07) is 44.0. The topological polar surface area (TPSA) is 102 Å². The minimum atomic E-state index is -0.545. The molecule has 0 unspecified atom stereocenters. The Bertz CT molecular complexity index is 1950. The quantitative estimate of drug-likeness (QED) is 0.127. The van der Waals surface area contributed by atoms with E-state index in [0.29, 0.717) is 34.9 Å². The number of amides is 1. The van der Waals surface area contributed by atoms with E-state index < -0.39 is 13.8 Å². The summed E-state index contributed by atoms with van der Waals surface area (Å²) < 4.78 is 11.7. The fourth-order valence-corrected chi connectivity index (χ4v) is 8.58. The van der Waals surface area contributed by atoms with Crippen LogP contribution in [0.3, 0.4) is 0 Å². The lowest BCUT2D eigenvalue weighted by atomic mass is 10.1. The maximum Gasteiger partial charge on any atom is 0.252 e. The molecular formula is C43H46N5O3P. The first-order chi connectivity index (χ1) is 25.6. The summed E-state index contributed by atoms with van der Waals surface area (Å²) in [7, 11) is 1.16. The van der Waals surface area contributed by atoms with E-state index in [9.17, 15) is 4.79 Å².